The maximum atomic E-state index is 13.7. The molecule has 0 bridgehead atoms. The number of nitrogens with zero attached hydrogens (tertiary/aromatic N) is 9. The number of piperazine rings is 1. The average Bonchev–Trinajstić information content (AvgIpc) is 4.09. The minimum atomic E-state index is -1.03. The van der Waals surface area contributed by atoms with Crippen molar-refractivity contribution >= 4 is 69.3 Å². The molecule has 3 saturated heterocycles. The van der Waals surface area contributed by atoms with Crippen LogP contribution in [0.15, 0.2) is 83.4 Å². The molecule has 5 N–H and O–H groups in total. The van der Waals surface area contributed by atoms with Crippen LogP contribution in [0.3, 0.4) is 0 Å². The summed E-state index contributed by atoms with van der Waals surface area (Å²) in [7, 11) is 0. The molecule has 5 aromatic rings. The average molecular weight is 1050 g/mol. The highest BCUT2D eigenvalue weighted by Gasteiger charge is 2.37. The van der Waals surface area contributed by atoms with E-state index in [0.29, 0.717) is 118 Å². The summed E-state index contributed by atoms with van der Waals surface area (Å²) in [6.45, 7) is 4.90. The summed E-state index contributed by atoms with van der Waals surface area (Å²) in [5.74, 6) is -4.72. The molecule has 4 amide bonds. The maximum absolute atomic E-state index is 13.7. The van der Waals surface area contributed by atoms with Gasteiger partial charge in [0.1, 0.15) is 11.6 Å². The van der Waals surface area contributed by atoms with Gasteiger partial charge in [-0.15, -0.1) is 0 Å². The van der Waals surface area contributed by atoms with Gasteiger partial charge < -0.3 is 40.2 Å². The number of para-hydroxylation sites is 2. The van der Waals surface area contributed by atoms with Gasteiger partial charge in [0, 0.05) is 115 Å². The van der Waals surface area contributed by atoms with Crippen molar-refractivity contribution in [2.45, 2.75) is 18.9 Å². The highest BCUT2D eigenvalue weighted by molar-refractivity contribution is 6.08. The van der Waals surface area contributed by atoms with Crippen molar-refractivity contribution in [3.05, 3.63) is 96.0 Å². The van der Waals surface area contributed by atoms with E-state index in [-0.39, 0.29) is 82.4 Å². The Balaban J connectivity index is 0.797. The largest absolute Gasteiger partial charge is 0.480 e. The van der Waals surface area contributed by atoms with E-state index >= 15 is 0 Å². The molecule has 0 spiro atoms. The summed E-state index contributed by atoms with van der Waals surface area (Å²) in [4.78, 5) is 123. The number of carboxylic acid groups (broad SMARTS) is 3. The van der Waals surface area contributed by atoms with Gasteiger partial charge in [0.25, 0.3) is 17.7 Å². The summed E-state index contributed by atoms with van der Waals surface area (Å²) in [6.07, 6.45) is 2.60. The molecule has 402 valence electrons. The van der Waals surface area contributed by atoms with Gasteiger partial charge in [-0.05, 0) is 60.4 Å². The van der Waals surface area contributed by atoms with Crippen LogP contribution in [-0.4, -0.2) is 244 Å². The molecule has 0 unspecified atom stereocenters. The number of ketones is 1. The van der Waals surface area contributed by atoms with Crippen molar-refractivity contribution in [2.24, 2.45) is 0 Å². The molecule has 0 aliphatic carbocycles. The summed E-state index contributed by atoms with van der Waals surface area (Å²) in [6, 6.07) is 20.5. The van der Waals surface area contributed by atoms with E-state index in [9.17, 15) is 53.7 Å². The lowest BCUT2D eigenvalue weighted by Gasteiger charge is -2.37. The van der Waals surface area contributed by atoms with E-state index < -0.39 is 35.8 Å². The van der Waals surface area contributed by atoms with Crippen LogP contribution in [0.2, 0.25) is 0 Å². The molecular formula is C53H63N11O12. The number of hydrogen-bond acceptors (Lipinski definition) is 16. The second kappa shape index (κ2) is 25.7. The number of carboxylic acids is 3. The van der Waals surface area contributed by atoms with Crippen LogP contribution in [0.25, 0.3) is 33.1 Å². The Hall–Kier alpha value is -7.70. The smallest absolute Gasteiger partial charge is 0.317 e. The number of aliphatic carboxylic acids is 3. The fourth-order valence-electron chi connectivity index (χ4n) is 9.90. The van der Waals surface area contributed by atoms with E-state index in [1.165, 1.54) is 11.1 Å². The van der Waals surface area contributed by atoms with Crippen molar-refractivity contribution in [3.8, 4) is 11.1 Å². The molecule has 3 aliphatic heterocycles. The van der Waals surface area contributed by atoms with Crippen LogP contribution in [0.1, 0.15) is 44.2 Å². The summed E-state index contributed by atoms with van der Waals surface area (Å²) < 4.78 is 5.68. The monoisotopic (exact) mass is 1050 g/mol. The summed E-state index contributed by atoms with van der Waals surface area (Å²) >= 11 is 0. The zero-order valence-corrected chi connectivity index (χ0v) is 42.2. The van der Waals surface area contributed by atoms with Crippen LogP contribution in [0.5, 0.6) is 0 Å². The summed E-state index contributed by atoms with van der Waals surface area (Å²) in [5.41, 5.74) is 3.88. The number of oxazole rings is 1. The van der Waals surface area contributed by atoms with Gasteiger partial charge >= 0.3 is 17.9 Å². The van der Waals surface area contributed by atoms with Gasteiger partial charge in [-0.25, -0.2) is 4.98 Å². The molecule has 2 aromatic heterocycles. The number of Topliss-reactive ketones (excluding diaryl/α,β-unsaturated/α-hetero) is 1. The normalized spacial score (nSPS) is 18.0. The zero-order valence-electron chi connectivity index (χ0n) is 42.2. The Morgan fingerprint density at radius 2 is 1.18 bits per heavy atom. The van der Waals surface area contributed by atoms with Gasteiger partial charge in [0.05, 0.1) is 43.8 Å². The lowest BCUT2D eigenvalue weighted by atomic mass is 9.99. The van der Waals surface area contributed by atoms with E-state index in [4.69, 9.17) is 4.42 Å². The van der Waals surface area contributed by atoms with E-state index in [1.54, 1.807) is 74.2 Å². The van der Waals surface area contributed by atoms with Crippen molar-refractivity contribution in [2.75, 3.05) is 131 Å². The van der Waals surface area contributed by atoms with Crippen molar-refractivity contribution in [1.29, 1.82) is 0 Å². The van der Waals surface area contributed by atoms with Crippen LogP contribution in [0.4, 0.5) is 0 Å². The number of carbonyl (C=O) groups excluding carboxylic acids is 5. The third-order valence-electron chi connectivity index (χ3n) is 14.0. The van der Waals surface area contributed by atoms with Crippen molar-refractivity contribution in [3.63, 3.8) is 0 Å². The van der Waals surface area contributed by atoms with Gasteiger partial charge in [0.15, 0.2) is 5.58 Å². The number of benzene rings is 3. The number of nitrogens with one attached hydrogen (secondary N) is 2. The lowest BCUT2D eigenvalue weighted by Crippen LogP contribution is -2.53. The minimum absolute atomic E-state index is 0.0510. The predicted molar refractivity (Wildman–Crippen MR) is 277 cm³/mol. The quantitative estimate of drug-likeness (QED) is 0.0766. The third kappa shape index (κ3) is 14.6. The second-order valence-corrected chi connectivity index (χ2v) is 19.2. The fourth-order valence-corrected chi connectivity index (χ4v) is 9.90. The van der Waals surface area contributed by atoms with Crippen molar-refractivity contribution < 1.29 is 58.1 Å². The fraction of sp³-hybridized carbons (Fsp3) is 0.434. The van der Waals surface area contributed by atoms with Gasteiger partial charge in [0.2, 0.25) is 17.6 Å². The molecule has 3 aliphatic rings. The number of pyridine rings is 1. The van der Waals surface area contributed by atoms with E-state index in [0.717, 1.165) is 11.1 Å². The number of amides is 4. The number of hydrogen-bond donors (Lipinski definition) is 5. The van der Waals surface area contributed by atoms with Crippen molar-refractivity contribution in [1.82, 2.24) is 54.9 Å². The molecule has 76 heavy (non-hydrogen) atoms. The number of fused-ring (bicyclic) bond motifs is 2. The molecule has 3 fully saturated rings. The van der Waals surface area contributed by atoms with Crippen LogP contribution >= 0.6 is 0 Å². The molecule has 0 radical (unpaired) electrons. The number of aromatic nitrogens is 2. The first-order chi connectivity index (χ1) is 36.7. The standard InChI is InChI=1S/C53H63N11O12/c65-45(64-15-4-8-43(64)50(73)53-57-41-7-1-2-9-44(41)76-53)31-56-52(75)40-12-13-54-42-30-37(10-11-39(40)42)36-5-3-6-38(29-36)51(74)55-14-16-58-25-27-63(28-26-58)46(66)32-59-17-19-60(33-47(67)68)21-23-62(35-49(71)72)24-22-61(20-18-59)34-48(69)70/h1-3,5-7,9-13,29-30,43H,4,8,14-28,31-35H2,(H,55,74)(H,56,75)(H,67,68)(H,69,70)(H,71,72)/t43-/m0/s1. The first-order valence-electron chi connectivity index (χ1n) is 25.5. The molecule has 3 aromatic carbocycles. The topological polar surface area (TPSA) is 283 Å². The Bertz CT molecular complexity index is 2880. The van der Waals surface area contributed by atoms with Gasteiger partial charge in [-0.2, -0.15) is 0 Å². The minimum Gasteiger partial charge on any atom is -0.480 e. The maximum Gasteiger partial charge on any atom is 0.317 e. The molecule has 23 heteroatoms. The molecule has 1 atom stereocenters. The Labute approximate surface area is 438 Å². The first kappa shape index (κ1) is 54.6. The van der Waals surface area contributed by atoms with E-state index in [2.05, 4.69) is 25.5 Å². The molecular weight excluding hydrogens is 983 g/mol. The Morgan fingerprint density at radius 1 is 0.579 bits per heavy atom. The lowest BCUT2D eigenvalue weighted by molar-refractivity contribution is -0.141. The van der Waals surface area contributed by atoms with Crippen LogP contribution in [0, 0.1) is 0 Å². The van der Waals surface area contributed by atoms with Crippen LogP contribution < -0.4 is 10.6 Å². The third-order valence-corrected chi connectivity index (χ3v) is 14.0. The SMILES string of the molecule is O=C(O)CN1CCN(CC(=O)O)CCN(CC(=O)N2CCN(CCNC(=O)c3cccc(-c4ccc5c(C(=O)NCC(=O)N6CCC[C@H]6C(=O)c6nc7ccccc7o6)ccnc5c4)c3)CC2)CCN(CC(=O)O)CC1. The number of rotatable bonds is 18. The highest BCUT2D eigenvalue weighted by atomic mass is 16.4. The predicted octanol–water partition coefficient (Wildman–Crippen LogP) is 0.996. The molecule has 0 saturated carbocycles. The molecule has 5 heterocycles. The van der Waals surface area contributed by atoms with Gasteiger partial charge in [-0.1, -0.05) is 36.4 Å². The van der Waals surface area contributed by atoms with Gasteiger partial charge in [-0.3, -0.25) is 67.8 Å². The Morgan fingerprint density at radius 3 is 1.82 bits per heavy atom. The number of carbonyl (C=O) groups is 8. The first-order valence-corrected chi connectivity index (χ1v) is 25.5. The molecule has 8 rings (SSSR count). The Kier molecular flexibility index (Phi) is 18.4. The number of likely N-dealkylation sites (tertiary alicyclic amines) is 1. The second-order valence-electron chi connectivity index (χ2n) is 19.2. The molecule has 23 nitrogen and oxygen atoms in total. The summed E-state index contributed by atoms with van der Waals surface area (Å²) in [5, 5.41) is 34.8. The zero-order chi connectivity index (χ0) is 53.7. The van der Waals surface area contributed by atoms with Crippen LogP contribution in [-0.2, 0) is 24.0 Å². The highest BCUT2D eigenvalue weighted by Crippen LogP contribution is 2.27. The van der Waals surface area contributed by atoms with E-state index in [1.807, 2.05) is 23.1 Å².